The zero-order chi connectivity index (χ0) is 19.3. The first-order valence-electron chi connectivity index (χ1n) is 7.81. The molecule has 0 bridgehead atoms. The molecule has 26 heavy (non-hydrogen) atoms. The van der Waals surface area contributed by atoms with E-state index in [1.807, 2.05) is 18.2 Å². The van der Waals surface area contributed by atoms with Gasteiger partial charge in [-0.15, -0.1) is 0 Å². The summed E-state index contributed by atoms with van der Waals surface area (Å²) in [5.74, 6) is 3.91. The predicted molar refractivity (Wildman–Crippen MR) is 107 cm³/mol. The van der Waals surface area contributed by atoms with Gasteiger partial charge in [0.1, 0.15) is 0 Å². The van der Waals surface area contributed by atoms with Crippen LogP contribution in [-0.4, -0.2) is 42.1 Å². The molecule has 2 aromatic rings. The second-order valence-corrected chi connectivity index (χ2v) is 7.64. The molecular formula is C20H21ClO4Se. The number of Topliss-reactive ketones (excluding diaryl/α,β-unsaturated/α-hetero) is 1. The van der Waals surface area contributed by atoms with Gasteiger partial charge >= 0.3 is 165 Å². The van der Waals surface area contributed by atoms with Crippen molar-refractivity contribution in [3.8, 4) is 17.2 Å². The van der Waals surface area contributed by atoms with E-state index >= 15 is 0 Å². The number of carbonyl (C=O) groups excluding carboxylic acids is 1. The third kappa shape index (κ3) is 4.42. The third-order valence-corrected chi connectivity index (χ3v) is 5.75. The van der Waals surface area contributed by atoms with Crippen molar-refractivity contribution in [3.63, 3.8) is 0 Å². The Morgan fingerprint density at radius 2 is 1.81 bits per heavy atom. The van der Waals surface area contributed by atoms with Crippen molar-refractivity contribution >= 4 is 42.9 Å². The molecule has 0 aliphatic heterocycles. The van der Waals surface area contributed by atoms with Crippen LogP contribution in [0.3, 0.4) is 0 Å². The molecule has 4 nitrogen and oxygen atoms in total. The Morgan fingerprint density at radius 3 is 2.35 bits per heavy atom. The number of carbonyl (C=O) groups is 1. The second-order valence-electron chi connectivity index (χ2n) is 5.46. The van der Waals surface area contributed by atoms with Gasteiger partial charge in [-0.05, 0) is 0 Å². The summed E-state index contributed by atoms with van der Waals surface area (Å²) >= 11 is 6.43. The van der Waals surface area contributed by atoms with Gasteiger partial charge in [-0.3, -0.25) is 0 Å². The van der Waals surface area contributed by atoms with Crippen molar-refractivity contribution in [2.75, 3.05) is 21.3 Å². The molecule has 138 valence electrons. The van der Waals surface area contributed by atoms with Crippen LogP contribution in [0.1, 0.15) is 22.8 Å². The molecule has 2 rings (SSSR count). The van der Waals surface area contributed by atoms with Crippen molar-refractivity contribution in [2.45, 2.75) is 12.7 Å². The van der Waals surface area contributed by atoms with Gasteiger partial charge < -0.3 is 0 Å². The Labute approximate surface area is 165 Å². The molecule has 0 fully saturated rings. The summed E-state index contributed by atoms with van der Waals surface area (Å²) in [6.07, 6.45) is 1.78. The van der Waals surface area contributed by atoms with Crippen molar-refractivity contribution in [2.24, 2.45) is 0 Å². The monoisotopic (exact) mass is 440 g/mol. The number of benzene rings is 2. The summed E-state index contributed by atoms with van der Waals surface area (Å²) in [4.78, 5) is 12.9. The maximum absolute atomic E-state index is 12.9. The number of rotatable bonds is 7. The average molecular weight is 440 g/mol. The van der Waals surface area contributed by atoms with Crippen LogP contribution in [0.4, 0.5) is 0 Å². The Balaban J connectivity index is 2.41. The first kappa shape index (κ1) is 20.4. The molecule has 6 heteroatoms. The van der Waals surface area contributed by atoms with Gasteiger partial charge in [-0.1, -0.05) is 0 Å². The molecule has 0 heterocycles. The minimum atomic E-state index is -0.0802. The summed E-state index contributed by atoms with van der Waals surface area (Å²) in [6.45, 7) is 1.77. The molecule has 0 aliphatic rings. The summed E-state index contributed by atoms with van der Waals surface area (Å²) in [6, 6.07) is 8.94. The summed E-state index contributed by atoms with van der Waals surface area (Å²) < 4.78 is 16.9. The van der Waals surface area contributed by atoms with Gasteiger partial charge in [0.05, 0.1) is 0 Å². The maximum atomic E-state index is 12.9. The summed E-state index contributed by atoms with van der Waals surface area (Å²) in [5, 5.41) is 0.529. The standard InChI is InChI=1S/C20H21ClO4Se/c1-12(8-13-6-7-15(23-2)11-16(13)21)19(22)14-9-17(24-3)20(25-4)18(10-14)26-5/h6-11H,1-5H3/b12-8+. The molecule has 0 aliphatic carbocycles. The fourth-order valence-corrected chi connectivity index (χ4v) is 4.00. The Bertz CT molecular complexity index is 821. The van der Waals surface area contributed by atoms with Gasteiger partial charge in [0.15, 0.2) is 0 Å². The van der Waals surface area contributed by atoms with E-state index < -0.39 is 0 Å². The molecule has 0 atom stereocenters. The Morgan fingerprint density at radius 1 is 1.08 bits per heavy atom. The van der Waals surface area contributed by atoms with E-state index in [-0.39, 0.29) is 20.7 Å². The van der Waals surface area contributed by atoms with E-state index in [1.165, 1.54) is 0 Å². The third-order valence-electron chi connectivity index (χ3n) is 3.86. The molecule has 0 radical (unpaired) electrons. The molecule has 0 N–H and O–H groups in total. The van der Waals surface area contributed by atoms with Gasteiger partial charge in [0, 0.05) is 0 Å². The number of halogens is 1. The van der Waals surface area contributed by atoms with Crippen molar-refractivity contribution in [1.29, 1.82) is 0 Å². The van der Waals surface area contributed by atoms with Crippen LogP contribution in [0.15, 0.2) is 35.9 Å². The molecule has 0 aromatic heterocycles. The molecular weight excluding hydrogens is 419 g/mol. The number of ether oxygens (including phenoxy) is 3. The molecule has 0 spiro atoms. The molecule has 0 saturated carbocycles. The minimum absolute atomic E-state index is 0.0802. The first-order chi connectivity index (χ1) is 12.4. The van der Waals surface area contributed by atoms with E-state index in [0.717, 1.165) is 10.0 Å². The van der Waals surface area contributed by atoms with Crippen LogP contribution in [0, 0.1) is 0 Å². The SMILES string of the molecule is COc1ccc(/C=C(\C)C(=O)c2cc(OC)c(OC)c([Se]C)c2)c(Cl)c1. The van der Waals surface area contributed by atoms with Crippen molar-refractivity contribution < 1.29 is 19.0 Å². The fraction of sp³-hybridized carbons (Fsp3) is 0.250. The van der Waals surface area contributed by atoms with Gasteiger partial charge in [0.2, 0.25) is 0 Å². The van der Waals surface area contributed by atoms with E-state index in [2.05, 4.69) is 5.82 Å². The number of hydrogen-bond acceptors (Lipinski definition) is 4. The van der Waals surface area contributed by atoms with Gasteiger partial charge in [-0.25, -0.2) is 0 Å². The fourth-order valence-electron chi connectivity index (χ4n) is 2.49. The topological polar surface area (TPSA) is 44.8 Å². The van der Waals surface area contributed by atoms with E-state index in [1.54, 1.807) is 46.5 Å². The Kier molecular flexibility index (Phi) is 7.15. The van der Waals surface area contributed by atoms with E-state index in [9.17, 15) is 4.79 Å². The van der Waals surface area contributed by atoms with Crippen LogP contribution in [0.25, 0.3) is 6.08 Å². The van der Waals surface area contributed by atoms with Crippen LogP contribution in [0.5, 0.6) is 17.2 Å². The normalized spacial score (nSPS) is 11.2. The van der Waals surface area contributed by atoms with Gasteiger partial charge in [0.25, 0.3) is 0 Å². The Hall–Kier alpha value is -1.94. The van der Waals surface area contributed by atoms with Crippen LogP contribution >= 0.6 is 11.6 Å². The van der Waals surface area contributed by atoms with E-state index in [4.69, 9.17) is 25.8 Å². The summed E-state index contributed by atoms with van der Waals surface area (Å²) in [5.41, 5.74) is 1.91. The molecule has 0 unspecified atom stereocenters. The number of ketones is 1. The number of allylic oxidation sites excluding steroid dienone is 1. The van der Waals surface area contributed by atoms with Gasteiger partial charge in [-0.2, -0.15) is 0 Å². The predicted octanol–water partition coefficient (Wildman–Crippen LogP) is 4.03. The van der Waals surface area contributed by atoms with E-state index in [0.29, 0.717) is 33.4 Å². The quantitative estimate of drug-likeness (QED) is 0.371. The van der Waals surface area contributed by atoms with Crippen LogP contribution in [0.2, 0.25) is 10.8 Å². The zero-order valence-electron chi connectivity index (χ0n) is 15.4. The van der Waals surface area contributed by atoms with Crippen LogP contribution < -0.4 is 18.7 Å². The first-order valence-corrected chi connectivity index (χ1v) is 10.8. The van der Waals surface area contributed by atoms with Crippen molar-refractivity contribution in [1.82, 2.24) is 0 Å². The number of hydrogen-bond donors (Lipinski definition) is 0. The number of methoxy groups -OCH3 is 3. The molecule has 2 aromatic carbocycles. The van der Waals surface area contributed by atoms with Crippen LogP contribution in [-0.2, 0) is 0 Å². The summed E-state index contributed by atoms with van der Waals surface area (Å²) in [7, 11) is 4.75. The van der Waals surface area contributed by atoms with Crippen molar-refractivity contribution in [3.05, 3.63) is 52.1 Å². The average Bonchev–Trinajstić information content (AvgIpc) is 2.67. The zero-order valence-corrected chi connectivity index (χ0v) is 17.9. The second kappa shape index (κ2) is 9.13. The molecule has 0 saturated heterocycles. The molecule has 0 amide bonds.